The molecule has 1 atom stereocenters. The number of aromatic nitrogens is 5. The van der Waals surface area contributed by atoms with Crippen LogP contribution in [0, 0.1) is 5.82 Å². The van der Waals surface area contributed by atoms with E-state index in [1.807, 2.05) is 0 Å². The summed E-state index contributed by atoms with van der Waals surface area (Å²) in [5, 5.41) is 11.7. The summed E-state index contributed by atoms with van der Waals surface area (Å²) in [6.07, 6.45) is 1.00. The van der Waals surface area contributed by atoms with Crippen LogP contribution < -0.4 is 10.6 Å². The number of nitrogens with zero attached hydrogens (tertiary/aromatic N) is 6. The van der Waals surface area contributed by atoms with Crippen molar-refractivity contribution in [3.63, 3.8) is 0 Å². The zero-order chi connectivity index (χ0) is 19.9. The monoisotopic (exact) mass is 383 g/mol. The molecule has 1 aromatic carbocycles. The van der Waals surface area contributed by atoms with Gasteiger partial charge in [0.25, 0.3) is 0 Å². The second-order valence-corrected chi connectivity index (χ2v) is 6.81. The number of amides is 1. The summed E-state index contributed by atoms with van der Waals surface area (Å²) in [5.41, 5.74) is 6.79. The van der Waals surface area contributed by atoms with E-state index < -0.39 is 17.5 Å². The first-order chi connectivity index (χ1) is 13.4. The average molecular weight is 383 g/mol. The summed E-state index contributed by atoms with van der Waals surface area (Å²) in [7, 11) is 1.66. The molecule has 3 aromatic rings. The largest absolute Gasteiger partial charge is 0.440 e. The van der Waals surface area contributed by atoms with Crippen LogP contribution in [0.1, 0.15) is 6.92 Å². The molecular formula is C18H18FN7O2. The zero-order valence-electron chi connectivity index (χ0n) is 15.3. The Bertz CT molecular complexity index is 1040. The Labute approximate surface area is 159 Å². The lowest BCUT2D eigenvalue weighted by molar-refractivity contribution is 0.0789. The summed E-state index contributed by atoms with van der Waals surface area (Å²) >= 11 is 0. The van der Waals surface area contributed by atoms with Crippen molar-refractivity contribution in [3.05, 3.63) is 42.3 Å². The van der Waals surface area contributed by atoms with E-state index in [0.717, 1.165) is 0 Å². The minimum absolute atomic E-state index is 0.189. The van der Waals surface area contributed by atoms with Gasteiger partial charge in [0, 0.05) is 23.9 Å². The number of carbonyl (C=O) groups excluding carboxylic acids is 1. The number of aryl methyl sites for hydroxylation is 1. The van der Waals surface area contributed by atoms with E-state index in [1.54, 1.807) is 44.4 Å². The SMILES string of the molecule is Cn1nnc(-c2ccc(-c3ccc(N4C[C@](C)(CN)OC4=O)cc3F)cn2)n1. The van der Waals surface area contributed by atoms with Crippen LogP contribution in [0.15, 0.2) is 36.5 Å². The van der Waals surface area contributed by atoms with Crippen LogP contribution in [-0.2, 0) is 11.8 Å². The number of tetrazole rings is 1. The third-order valence-electron chi connectivity index (χ3n) is 4.55. The molecule has 4 rings (SSSR count). The van der Waals surface area contributed by atoms with Crippen LogP contribution in [0.3, 0.4) is 0 Å². The number of carbonyl (C=O) groups is 1. The highest BCUT2D eigenvalue weighted by Crippen LogP contribution is 2.31. The maximum absolute atomic E-state index is 14.7. The lowest BCUT2D eigenvalue weighted by Gasteiger charge is -2.19. The van der Waals surface area contributed by atoms with Crippen LogP contribution in [0.2, 0.25) is 0 Å². The number of halogens is 1. The fourth-order valence-corrected chi connectivity index (χ4v) is 2.98. The van der Waals surface area contributed by atoms with Gasteiger partial charge in [0.15, 0.2) is 0 Å². The maximum Gasteiger partial charge on any atom is 0.415 e. The fraction of sp³-hybridized carbons (Fsp3) is 0.278. The Balaban J connectivity index is 1.59. The number of anilines is 1. The quantitative estimate of drug-likeness (QED) is 0.730. The fourth-order valence-electron chi connectivity index (χ4n) is 2.98. The molecule has 144 valence electrons. The molecule has 10 heteroatoms. The number of benzene rings is 1. The minimum Gasteiger partial charge on any atom is -0.440 e. The molecule has 2 aromatic heterocycles. The van der Waals surface area contributed by atoms with E-state index >= 15 is 0 Å². The number of nitrogens with two attached hydrogens (primary N) is 1. The first-order valence-corrected chi connectivity index (χ1v) is 8.59. The van der Waals surface area contributed by atoms with Gasteiger partial charge in [-0.1, -0.05) is 6.07 Å². The molecule has 1 aliphatic rings. The van der Waals surface area contributed by atoms with Crippen molar-refractivity contribution in [1.82, 2.24) is 25.2 Å². The lowest BCUT2D eigenvalue weighted by Crippen LogP contribution is -2.38. The van der Waals surface area contributed by atoms with E-state index in [-0.39, 0.29) is 13.1 Å². The van der Waals surface area contributed by atoms with Gasteiger partial charge < -0.3 is 10.5 Å². The topological polar surface area (TPSA) is 112 Å². The molecular weight excluding hydrogens is 365 g/mol. The van der Waals surface area contributed by atoms with Gasteiger partial charge >= 0.3 is 6.09 Å². The second kappa shape index (κ2) is 6.64. The Morgan fingerprint density at radius 3 is 2.71 bits per heavy atom. The lowest BCUT2D eigenvalue weighted by atomic mass is 10.0. The van der Waals surface area contributed by atoms with Gasteiger partial charge in [0.1, 0.15) is 17.1 Å². The summed E-state index contributed by atoms with van der Waals surface area (Å²) in [5.74, 6) is -0.0841. The normalized spacial score (nSPS) is 19.1. The molecule has 0 unspecified atom stereocenters. The molecule has 1 saturated heterocycles. The molecule has 1 amide bonds. The Morgan fingerprint density at radius 1 is 1.32 bits per heavy atom. The smallest absolute Gasteiger partial charge is 0.415 e. The van der Waals surface area contributed by atoms with Crippen molar-refractivity contribution in [2.75, 3.05) is 18.0 Å². The number of pyridine rings is 1. The van der Waals surface area contributed by atoms with E-state index in [1.165, 1.54) is 15.8 Å². The average Bonchev–Trinajstić information content (AvgIpc) is 3.25. The molecule has 9 nitrogen and oxygen atoms in total. The third kappa shape index (κ3) is 3.18. The molecule has 28 heavy (non-hydrogen) atoms. The highest BCUT2D eigenvalue weighted by Gasteiger charge is 2.41. The third-order valence-corrected chi connectivity index (χ3v) is 4.55. The first kappa shape index (κ1) is 18.0. The van der Waals surface area contributed by atoms with E-state index in [2.05, 4.69) is 20.4 Å². The van der Waals surface area contributed by atoms with Crippen LogP contribution >= 0.6 is 0 Å². The van der Waals surface area contributed by atoms with Gasteiger partial charge in [0.05, 0.1) is 19.3 Å². The number of cyclic esters (lactones) is 1. The molecule has 0 spiro atoms. The van der Waals surface area contributed by atoms with Crippen LogP contribution in [0.25, 0.3) is 22.6 Å². The molecule has 0 radical (unpaired) electrons. The Hall–Kier alpha value is -3.40. The standard InChI is InChI=1S/C18H18FN7O2/c1-18(9-20)10-26(17(27)28-18)12-4-5-13(14(19)7-12)11-3-6-15(21-8-11)16-22-24-25(2)23-16/h3-8H,9-10,20H2,1-2H3/t18-/m0/s1. The molecule has 2 N–H and O–H groups in total. The summed E-state index contributed by atoms with van der Waals surface area (Å²) in [4.78, 5) is 19.1. The highest BCUT2D eigenvalue weighted by atomic mass is 19.1. The van der Waals surface area contributed by atoms with Crippen molar-refractivity contribution >= 4 is 11.8 Å². The summed E-state index contributed by atoms with van der Waals surface area (Å²) < 4.78 is 20.0. The Kier molecular flexibility index (Phi) is 4.27. The summed E-state index contributed by atoms with van der Waals surface area (Å²) in [6.45, 7) is 2.20. The van der Waals surface area contributed by atoms with Gasteiger partial charge in [-0.15, -0.1) is 10.2 Å². The van der Waals surface area contributed by atoms with Crippen molar-refractivity contribution in [2.24, 2.45) is 12.8 Å². The molecule has 1 aliphatic heterocycles. The number of ether oxygens (including phenoxy) is 1. The van der Waals surface area contributed by atoms with Crippen LogP contribution in [0.4, 0.5) is 14.9 Å². The summed E-state index contributed by atoms with van der Waals surface area (Å²) in [6, 6.07) is 8.00. The molecule has 0 saturated carbocycles. The number of hydrogen-bond donors (Lipinski definition) is 1. The van der Waals surface area contributed by atoms with Crippen molar-refractivity contribution in [2.45, 2.75) is 12.5 Å². The predicted molar refractivity (Wildman–Crippen MR) is 98.7 cm³/mol. The van der Waals surface area contributed by atoms with E-state index in [0.29, 0.717) is 28.3 Å². The highest BCUT2D eigenvalue weighted by molar-refractivity contribution is 5.90. The molecule has 3 heterocycles. The maximum atomic E-state index is 14.7. The van der Waals surface area contributed by atoms with Gasteiger partial charge in [-0.25, -0.2) is 9.18 Å². The van der Waals surface area contributed by atoms with E-state index in [4.69, 9.17) is 10.5 Å². The van der Waals surface area contributed by atoms with Crippen LogP contribution in [-0.4, -0.2) is 50.0 Å². The molecule has 0 aliphatic carbocycles. The van der Waals surface area contributed by atoms with Crippen molar-refractivity contribution in [3.8, 4) is 22.6 Å². The Morgan fingerprint density at radius 2 is 2.14 bits per heavy atom. The van der Waals surface area contributed by atoms with Crippen molar-refractivity contribution < 1.29 is 13.9 Å². The first-order valence-electron chi connectivity index (χ1n) is 8.59. The predicted octanol–water partition coefficient (Wildman–Crippen LogP) is 1.75. The van der Waals surface area contributed by atoms with Crippen molar-refractivity contribution in [1.29, 1.82) is 0 Å². The minimum atomic E-state index is -0.777. The van der Waals surface area contributed by atoms with Gasteiger partial charge in [0.2, 0.25) is 5.82 Å². The number of hydrogen-bond acceptors (Lipinski definition) is 7. The number of rotatable bonds is 4. The van der Waals surface area contributed by atoms with E-state index in [9.17, 15) is 9.18 Å². The molecule has 0 bridgehead atoms. The second-order valence-electron chi connectivity index (χ2n) is 6.81. The van der Waals surface area contributed by atoms with Crippen LogP contribution in [0.5, 0.6) is 0 Å². The van der Waals surface area contributed by atoms with Gasteiger partial charge in [-0.3, -0.25) is 9.88 Å². The van der Waals surface area contributed by atoms with Gasteiger partial charge in [-0.05, 0) is 36.4 Å². The zero-order valence-corrected chi connectivity index (χ0v) is 15.3. The van der Waals surface area contributed by atoms with Gasteiger partial charge in [-0.2, -0.15) is 4.80 Å². The molecule has 1 fully saturated rings.